The zero-order valence-electron chi connectivity index (χ0n) is 12.5. The third-order valence-corrected chi connectivity index (χ3v) is 3.75. The maximum absolute atomic E-state index is 12.4. The second-order valence-corrected chi connectivity index (χ2v) is 6.83. The SMILES string of the molecule is CC(C)(C)OC(=O)[N+]1(C(O)C(=O)NC2CC2)CCCC1. The van der Waals surface area contributed by atoms with Crippen LogP contribution in [0.3, 0.4) is 0 Å². The molecule has 2 amide bonds. The van der Waals surface area contributed by atoms with Crippen LogP contribution in [0.15, 0.2) is 0 Å². The van der Waals surface area contributed by atoms with Gasteiger partial charge in [0.15, 0.2) is 0 Å². The first-order valence-electron chi connectivity index (χ1n) is 7.33. The highest BCUT2D eigenvalue weighted by atomic mass is 16.6. The van der Waals surface area contributed by atoms with E-state index in [1.165, 1.54) is 0 Å². The van der Waals surface area contributed by atoms with Crippen molar-refractivity contribution in [3.63, 3.8) is 0 Å². The van der Waals surface area contributed by atoms with Crippen molar-refractivity contribution in [1.29, 1.82) is 0 Å². The number of ether oxygens (including phenoxy) is 1. The standard InChI is InChI=1S/C14H24N2O4/c1-14(2,3)20-13(19)16(8-4-5-9-16)12(18)11(17)15-10-6-7-10/h10,12,18H,4-9H2,1-3H3/p+1. The predicted octanol–water partition coefficient (Wildman–Crippen LogP) is 1.13. The molecular formula is C14H25N2O4+. The van der Waals surface area contributed by atoms with E-state index in [-0.39, 0.29) is 10.5 Å². The number of quaternary nitrogens is 1. The molecule has 1 atom stereocenters. The van der Waals surface area contributed by atoms with Gasteiger partial charge in [-0.25, -0.2) is 0 Å². The summed E-state index contributed by atoms with van der Waals surface area (Å²) in [6, 6.07) is 0.165. The van der Waals surface area contributed by atoms with E-state index in [0.29, 0.717) is 13.1 Å². The molecule has 1 aliphatic carbocycles. The van der Waals surface area contributed by atoms with Crippen LogP contribution in [-0.4, -0.2) is 52.6 Å². The van der Waals surface area contributed by atoms with Crippen LogP contribution in [0.5, 0.6) is 0 Å². The van der Waals surface area contributed by atoms with E-state index in [2.05, 4.69) is 5.32 Å². The normalized spacial score (nSPS) is 23.2. The Labute approximate surface area is 119 Å². The first-order valence-corrected chi connectivity index (χ1v) is 7.33. The van der Waals surface area contributed by atoms with E-state index in [1.54, 1.807) is 20.8 Å². The lowest BCUT2D eigenvalue weighted by atomic mass is 10.2. The number of hydrogen-bond acceptors (Lipinski definition) is 4. The van der Waals surface area contributed by atoms with Gasteiger partial charge in [-0.3, -0.25) is 4.79 Å². The lowest BCUT2D eigenvalue weighted by molar-refractivity contribution is -0.884. The molecule has 0 aromatic heterocycles. The van der Waals surface area contributed by atoms with Crippen LogP contribution < -0.4 is 5.32 Å². The number of carbonyl (C=O) groups excluding carboxylic acids is 2. The molecule has 20 heavy (non-hydrogen) atoms. The van der Waals surface area contributed by atoms with Crippen LogP contribution in [0.25, 0.3) is 0 Å². The minimum atomic E-state index is -1.37. The number of likely N-dealkylation sites (tertiary alicyclic amines) is 1. The molecule has 2 fully saturated rings. The van der Waals surface area contributed by atoms with Crippen molar-refractivity contribution in [3.8, 4) is 0 Å². The van der Waals surface area contributed by atoms with E-state index >= 15 is 0 Å². The summed E-state index contributed by atoms with van der Waals surface area (Å²) in [4.78, 5) is 24.5. The van der Waals surface area contributed by atoms with Gasteiger partial charge >= 0.3 is 12.0 Å². The van der Waals surface area contributed by atoms with Crippen molar-refractivity contribution in [1.82, 2.24) is 5.32 Å². The van der Waals surface area contributed by atoms with Crippen molar-refractivity contribution < 1.29 is 23.9 Å². The molecule has 0 radical (unpaired) electrons. The van der Waals surface area contributed by atoms with Gasteiger partial charge in [0, 0.05) is 18.9 Å². The highest BCUT2D eigenvalue weighted by Crippen LogP contribution is 2.28. The number of nitrogens with zero attached hydrogens (tertiary/aromatic N) is 1. The Morgan fingerprint density at radius 1 is 1.25 bits per heavy atom. The van der Waals surface area contributed by atoms with Crippen molar-refractivity contribution in [3.05, 3.63) is 0 Å². The predicted molar refractivity (Wildman–Crippen MR) is 72.6 cm³/mol. The van der Waals surface area contributed by atoms with E-state index in [0.717, 1.165) is 25.7 Å². The second kappa shape index (κ2) is 5.33. The van der Waals surface area contributed by atoms with Crippen LogP contribution in [0, 0.1) is 0 Å². The molecule has 0 spiro atoms. The summed E-state index contributed by atoms with van der Waals surface area (Å²) in [6.07, 6.45) is 1.65. The van der Waals surface area contributed by atoms with Gasteiger partial charge in [-0.05, 0) is 33.6 Å². The summed E-state index contributed by atoms with van der Waals surface area (Å²) in [6.45, 7) is 6.26. The number of amides is 2. The van der Waals surface area contributed by atoms with Crippen LogP contribution in [-0.2, 0) is 9.53 Å². The van der Waals surface area contributed by atoms with Crippen LogP contribution in [0.1, 0.15) is 46.5 Å². The zero-order chi connectivity index (χ0) is 15.0. The first kappa shape index (κ1) is 15.3. The third kappa shape index (κ3) is 3.30. The first-order chi connectivity index (χ1) is 9.24. The Morgan fingerprint density at radius 2 is 1.80 bits per heavy atom. The van der Waals surface area contributed by atoms with Crippen molar-refractivity contribution in [2.45, 2.75) is 64.3 Å². The molecule has 6 nitrogen and oxygen atoms in total. The molecule has 6 heteroatoms. The fourth-order valence-corrected chi connectivity index (χ4v) is 2.51. The largest absolute Gasteiger partial charge is 0.519 e. The summed E-state index contributed by atoms with van der Waals surface area (Å²) >= 11 is 0. The molecule has 114 valence electrons. The van der Waals surface area contributed by atoms with E-state index < -0.39 is 23.8 Å². The number of aliphatic hydroxyl groups excluding tert-OH is 1. The van der Waals surface area contributed by atoms with Crippen LogP contribution in [0.4, 0.5) is 4.79 Å². The maximum atomic E-state index is 12.4. The molecule has 0 aromatic carbocycles. The minimum absolute atomic E-state index is 0.165. The fraction of sp³-hybridized carbons (Fsp3) is 0.857. The number of aliphatic hydroxyl groups is 1. The van der Waals surface area contributed by atoms with Gasteiger partial charge in [-0.2, -0.15) is 9.28 Å². The average molecular weight is 285 g/mol. The summed E-state index contributed by atoms with van der Waals surface area (Å²) in [7, 11) is 0. The smallest absolute Gasteiger partial charge is 0.414 e. The number of rotatable bonds is 3. The molecule has 1 saturated carbocycles. The van der Waals surface area contributed by atoms with Crippen molar-refractivity contribution in [2.75, 3.05) is 13.1 Å². The lowest BCUT2D eigenvalue weighted by Crippen LogP contribution is -2.63. The molecule has 1 unspecified atom stereocenters. The van der Waals surface area contributed by atoms with E-state index in [1.807, 2.05) is 0 Å². The van der Waals surface area contributed by atoms with E-state index in [4.69, 9.17) is 4.74 Å². The molecule has 1 saturated heterocycles. The third-order valence-electron chi connectivity index (χ3n) is 3.75. The summed E-state index contributed by atoms with van der Waals surface area (Å²) < 4.78 is 5.11. The Morgan fingerprint density at radius 3 is 2.25 bits per heavy atom. The van der Waals surface area contributed by atoms with E-state index in [9.17, 15) is 14.7 Å². The average Bonchev–Trinajstić information content (AvgIpc) is 3.00. The van der Waals surface area contributed by atoms with Crippen molar-refractivity contribution >= 4 is 12.0 Å². The molecule has 2 N–H and O–H groups in total. The fourth-order valence-electron chi connectivity index (χ4n) is 2.51. The van der Waals surface area contributed by atoms with Gasteiger partial charge < -0.3 is 15.2 Å². The number of nitrogens with one attached hydrogen (secondary N) is 1. The van der Waals surface area contributed by atoms with Crippen LogP contribution in [0.2, 0.25) is 0 Å². The van der Waals surface area contributed by atoms with Gasteiger partial charge in [-0.15, -0.1) is 0 Å². The molecule has 2 rings (SSSR count). The Kier molecular flexibility index (Phi) is 4.07. The van der Waals surface area contributed by atoms with Gasteiger partial charge in [0.2, 0.25) is 0 Å². The second-order valence-electron chi connectivity index (χ2n) is 6.83. The highest BCUT2D eigenvalue weighted by molar-refractivity contribution is 5.81. The molecule has 0 aromatic rings. The van der Waals surface area contributed by atoms with Gasteiger partial charge in [0.05, 0.1) is 13.1 Å². The lowest BCUT2D eigenvalue weighted by Gasteiger charge is -2.35. The topological polar surface area (TPSA) is 75.6 Å². The van der Waals surface area contributed by atoms with Gasteiger partial charge in [0.25, 0.3) is 6.23 Å². The molecular weight excluding hydrogens is 260 g/mol. The number of hydrogen-bond donors (Lipinski definition) is 2. The summed E-state index contributed by atoms with van der Waals surface area (Å²) in [5.74, 6) is -0.458. The highest BCUT2D eigenvalue weighted by Gasteiger charge is 2.52. The molecule has 0 bridgehead atoms. The minimum Gasteiger partial charge on any atom is -0.414 e. The van der Waals surface area contributed by atoms with Gasteiger partial charge in [0.1, 0.15) is 5.60 Å². The summed E-state index contributed by atoms with van der Waals surface area (Å²) in [5.41, 5.74) is -0.627. The zero-order valence-corrected chi connectivity index (χ0v) is 12.5. The monoisotopic (exact) mass is 285 g/mol. The Bertz CT molecular complexity index is 392. The van der Waals surface area contributed by atoms with Crippen molar-refractivity contribution in [2.24, 2.45) is 0 Å². The maximum Gasteiger partial charge on any atom is 0.519 e. The van der Waals surface area contributed by atoms with Gasteiger partial charge in [-0.1, -0.05) is 0 Å². The van der Waals surface area contributed by atoms with Crippen LogP contribution >= 0.6 is 0 Å². The Balaban J connectivity index is 2.11. The molecule has 1 aliphatic heterocycles. The summed E-state index contributed by atoms with van der Waals surface area (Å²) in [5, 5.41) is 13.1. The molecule has 2 aliphatic rings. The number of carbonyl (C=O) groups is 2. The molecule has 1 heterocycles. The quantitative estimate of drug-likeness (QED) is 0.762. The Hall–Kier alpha value is -1.14.